The first kappa shape index (κ1) is 16.8. The van der Waals surface area contributed by atoms with E-state index in [2.05, 4.69) is 20.6 Å². The van der Waals surface area contributed by atoms with Crippen molar-refractivity contribution >= 4 is 23.4 Å². The SMILES string of the molecule is Cc1nn(-c2ccccc2)c(C)c1NC(=O)CSc1nnc(C2CC2)o1. The number of thioether (sulfide) groups is 1. The van der Waals surface area contributed by atoms with Crippen molar-refractivity contribution in [3.63, 3.8) is 0 Å². The van der Waals surface area contributed by atoms with Crippen LogP contribution in [0.5, 0.6) is 0 Å². The Kier molecular flexibility index (Phi) is 4.50. The standard InChI is InChI=1S/C18H19N5O2S/c1-11-16(12(2)23(22-11)14-6-4-3-5-7-14)19-15(24)10-26-18-21-20-17(25-18)13-8-9-13/h3-7,13H,8-10H2,1-2H3,(H,19,24). The molecule has 0 saturated heterocycles. The molecule has 1 fully saturated rings. The van der Waals surface area contributed by atoms with Crippen molar-refractivity contribution < 1.29 is 9.21 Å². The summed E-state index contributed by atoms with van der Waals surface area (Å²) in [6, 6.07) is 9.84. The summed E-state index contributed by atoms with van der Waals surface area (Å²) >= 11 is 1.25. The first-order valence-electron chi connectivity index (χ1n) is 8.49. The van der Waals surface area contributed by atoms with E-state index in [1.165, 1.54) is 11.8 Å². The summed E-state index contributed by atoms with van der Waals surface area (Å²) in [7, 11) is 0. The van der Waals surface area contributed by atoms with Gasteiger partial charge in [0, 0.05) is 5.92 Å². The van der Waals surface area contributed by atoms with E-state index in [-0.39, 0.29) is 11.7 Å². The molecule has 1 aliphatic carbocycles. The Morgan fingerprint density at radius 2 is 2.04 bits per heavy atom. The Labute approximate surface area is 155 Å². The van der Waals surface area contributed by atoms with E-state index >= 15 is 0 Å². The molecule has 134 valence electrons. The maximum Gasteiger partial charge on any atom is 0.277 e. The molecule has 4 rings (SSSR count). The molecule has 1 aromatic carbocycles. The summed E-state index contributed by atoms with van der Waals surface area (Å²) in [5.74, 6) is 1.19. The molecule has 3 aromatic rings. The van der Waals surface area contributed by atoms with Crippen LogP contribution >= 0.6 is 11.8 Å². The summed E-state index contributed by atoms with van der Waals surface area (Å²) in [5, 5.41) is 15.9. The van der Waals surface area contributed by atoms with Crippen LogP contribution in [0.3, 0.4) is 0 Å². The zero-order valence-corrected chi connectivity index (χ0v) is 15.4. The molecule has 0 bridgehead atoms. The van der Waals surface area contributed by atoms with Gasteiger partial charge in [-0.15, -0.1) is 10.2 Å². The lowest BCUT2D eigenvalue weighted by Gasteiger charge is -2.06. The molecule has 7 nitrogen and oxygen atoms in total. The molecule has 0 spiro atoms. The van der Waals surface area contributed by atoms with E-state index in [0.29, 0.717) is 17.0 Å². The third-order valence-electron chi connectivity index (χ3n) is 4.23. The van der Waals surface area contributed by atoms with Crippen LogP contribution in [-0.2, 0) is 4.79 Å². The minimum Gasteiger partial charge on any atom is -0.416 e. The molecule has 0 atom stereocenters. The van der Waals surface area contributed by atoms with Gasteiger partial charge in [-0.3, -0.25) is 4.79 Å². The zero-order valence-electron chi connectivity index (χ0n) is 14.6. The highest BCUT2D eigenvalue weighted by molar-refractivity contribution is 7.99. The molecule has 1 saturated carbocycles. The highest BCUT2D eigenvalue weighted by Crippen LogP contribution is 2.39. The largest absolute Gasteiger partial charge is 0.416 e. The molecule has 2 aromatic heterocycles. The fourth-order valence-corrected chi connectivity index (χ4v) is 3.29. The molecular formula is C18H19N5O2S. The Balaban J connectivity index is 1.41. The number of aromatic nitrogens is 4. The van der Waals surface area contributed by atoms with Crippen molar-refractivity contribution in [1.82, 2.24) is 20.0 Å². The van der Waals surface area contributed by atoms with Crippen molar-refractivity contribution in [2.75, 3.05) is 11.1 Å². The van der Waals surface area contributed by atoms with Crippen LogP contribution in [0.1, 0.15) is 36.0 Å². The molecule has 0 radical (unpaired) electrons. The van der Waals surface area contributed by atoms with Crippen molar-refractivity contribution in [2.45, 2.75) is 37.8 Å². The van der Waals surface area contributed by atoms with Gasteiger partial charge in [-0.05, 0) is 38.8 Å². The first-order chi connectivity index (χ1) is 12.6. The highest BCUT2D eigenvalue weighted by atomic mass is 32.2. The Morgan fingerprint density at radius 3 is 2.77 bits per heavy atom. The van der Waals surface area contributed by atoms with E-state index in [0.717, 1.165) is 35.6 Å². The Hall–Kier alpha value is -2.61. The smallest absolute Gasteiger partial charge is 0.277 e. The number of amides is 1. The number of nitrogens with one attached hydrogen (secondary N) is 1. The number of rotatable bonds is 6. The van der Waals surface area contributed by atoms with Crippen LogP contribution in [-0.4, -0.2) is 31.6 Å². The number of carbonyl (C=O) groups is 1. The third-order valence-corrected chi connectivity index (χ3v) is 5.05. The molecule has 26 heavy (non-hydrogen) atoms. The molecule has 2 heterocycles. The van der Waals surface area contributed by atoms with E-state index < -0.39 is 0 Å². The van der Waals surface area contributed by atoms with Crippen LogP contribution in [0.15, 0.2) is 40.0 Å². The maximum absolute atomic E-state index is 12.3. The lowest BCUT2D eigenvalue weighted by molar-refractivity contribution is -0.113. The summed E-state index contributed by atoms with van der Waals surface area (Å²) in [6.07, 6.45) is 2.22. The van der Waals surface area contributed by atoms with Gasteiger partial charge >= 0.3 is 0 Å². The van der Waals surface area contributed by atoms with Crippen LogP contribution in [0.2, 0.25) is 0 Å². The van der Waals surface area contributed by atoms with Gasteiger partial charge in [-0.1, -0.05) is 30.0 Å². The molecule has 0 unspecified atom stereocenters. The van der Waals surface area contributed by atoms with Crippen molar-refractivity contribution in [2.24, 2.45) is 0 Å². The summed E-state index contributed by atoms with van der Waals surface area (Å²) < 4.78 is 7.39. The summed E-state index contributed by atoms with van der Waals surface area (Å²) in [4.78, 5) is 12.3. The lowest BCUT2D eigenvalue weighted by atomic mass is 10.3. The monoisotopic (exact) mass is 369 g/mol. The second-order valence-corrected chi connectivity index (χ2v) is 7.24. The Morgan fingerprint density at radius 1 is 1.27 bits per heavy atom. The fraction of sp³-hybridized carbons (Fsp3) is 0.333. The van der Waals surface area contributed by atoms with Gasteiger partial charge in [0.2, 0.25) is 11.8 Å². The van der Waals surface area contributed by atoms with Gasteiger partial charge in [0.05, 0.1) is 28.5 Å². The van der Waals surface area contributed by atoms with E-state index in [9.17, 15) is 4.79 Å². The van der Waals surface area contributed by atoms with Crippen LogP contribution in [0, 0.1) is 13.8 Å². The predicted molar refractivity (Wildman–Crippen MR) is 98.7 cm³/mol. The second kappa shape index (κ2) is 6.95. The van der Waals surface area contributed by atoms with Gasteiger partial charge in [-0.2, -0.15) is 5.10 Å². The van der Waals surface area contributed by atoms with Gasteiger partial charge in [-0.25, -0.2) is 4.68 Å². The highest BCUT2D eigenvalue weighted by Gasteiger charge is 2.29. The molecule has 1 amide bonds. The van der Waals surface area contributed by atoms with Crippen molar-refractivity contribution in [3.8, 4) is 5.69 Å². The fourth-order valence-electron chi connectivity index (χ4n) is 2.72. The Bertz CT molecular complexity index is 930. The number of aryl methyl sites for hydroxylation is 1. The van der Waals surface area contributed by atoms with E-state index in [4.69, 9.17) is 4.42 Å². The number of carbonyl (C=O) groups excluding carboxylic acids is 1. The number of hydrogen-bond acceptors (Lipinski definition) is 6. The number of hydrogen-bond donors (Lipinski definition) is 1. The van der Waals surface area contributed by atoms with E-state index in [1.807, 2.05) is 48.9 Å². The average molecular weight is 369 g/mol. The van der Waals surface area contributed by atoms with Crippen molar-refractivity contribution in [1.29, 1.82) is 0 Å². The quantitative estimate of drug-likeness (QED) is 0.670. The van der Waals surface area contributed by atoms with Crippen molar-refractivity contribution in [3.05, 3.63) is 47.6 Å². The lowest BCUT2D eigenvalue weighted by Crippen LogP contribution is -2.15. The molecule has 1 aliphatic rings. The normalized spacial score (nSPS) is 13.8. The zero-order chi connectivity index (χ0) is 18.1. The van der Waals surface area contributed by atoms with Crippen LogP contribution < -0.4 is 5.32 Å². The first-order valence-corrected chi connectivity index (χ1v) is 9.48. The van der Waals surface area contributed by atoms with Gasteiger partial charge in [0.1, 0.15) is 0 Å². The number of para-hydroxylation sites is 1. The molecule has 1 N–H and O–H groups in total. The maximum atomic E-state index is 12.3. The van der Waals surface area contributed by atoms with Gasteiger partial charge in [0.15, 0.2) is 0 Å². The van der Waals surface area contributed by atoms with Crippen LogP contribution in [0.4, 0.5) is 5.69 Å². The third kappa shape index (κ3) is 3.50. The average Bonchev–Trinajstić information content (AvgIpc) is 3.33. The topological polar surface area (TPSA) is 85.8 Å². The summed E-state index contributed by atoms with van der Waals surface area (Å²) in [5.41, 5.74) is 3.37. The molecule has 8 heteroatoms. The van der Waals surface area contributed by atoms with Gasteiger partial charge in [0.25, 0.3) is 5.22 Å². The minimum absolute atomic E-state index is 0.125. The predicted octanol–water partition coefficient (Wildman–Crippen LogP) is 3.48. The second-order valence-electron chi connectivity index (χ2n) is 6.31. The van der Waals surface area contributed by atoms with Crippen LogP contribution in [0.25, 0.3) is 5.69 Å². The minimum atomic E-state index is -0.125. The van der Waals surface area contributed by atoms with E-state index in [1.54, 1.807) is 0 Å². The number of nitrogens with zero attached hydrogens (tertiary/aromatic N) is 4. The number of anilines is 1. The van der Waals surface area contributed by atoms with Gasteiger partial charge < -0.3 is 9.73 Å². The molecular weight excluding hydrogens is 350 g/mol. The summed E-state index contributed by atoms with van der Waals surface area (Å²) in [6.45, 7) is 3.82. The number of benzene rings is 1. The molecule has 0 aliphatic heterocycles.